The average Bonchev–Trinajstić information content (AvgIpc) is 2.91. The van der Waals surface area contributed by atoms with Gasteiger partial charge in [-0.15, -0.1) is 6.58 Å². The van der Waals surface area contributed by atoms with Crippen LogP contribution in [0.3, 0.4) is 0 Å². The van der Waals surface area contributed by atoms with Crippen molar-refractivity contribution < 1.29 is 19.3 Å². The van der Waals surface area contributed by atoms with E-state index >= 15 is 0 Å². The van der Waals surface area contributed by atoms with Crippen LogP contribution < -0.4 is 10.2 Å². The topological polar surface area (TPSA) is 70.9 Å². The largest absolute Gasteiger partial charge is 0.348 e. The monoisotopic (exact) mass is 378 g/mol. The van der Waals surface area contributed by atoms with E-state index in [4.69, 9.17) is 0 Å². The Kier molecular flexibility index (Phi) is 5.70. The smallest absolute Gasteiger partial charge is 0.261 e. The number of carbonyl (C=O) groups is 3. The maximum absolute atomic E-state index is 12.5. The summed E-state index contributed by atoms with van der Waals surface area (Å²) in [5, 5.41) is 2.86. The normalized spacial score (nSPS) is 13.0. The zero-order chi connectivity index (χ0) is 20.3. The van der Waals surface area contributed by atoms with Gasteiger partial charge in [0.1, 0.15) is 6.54 Å². The minimum atomic E-state index is -0.395. The van der Waals surface area contributed by atoms with E-state index in [2.05, 4.69) is 38.1 Å². The second-order valence-corrected chi connectivity index (χ2v) is 7.15. The highest BCUT2D eigenvalue weighted by molar-refractivity contribution is 6.22. The third-order valence-electron chi connectivity index (χ3n) is 4.58. The lowest BCUT2D eigenvalue weighted by Crippen LogP contribution is -3.04. The summed E-state index contributed by atoms with van der Waals surface area (Å²) in [5.41, 5.74) is 3.17. The minimum absolute atomic E-state index is 0.152. The number of hydrogen-bond acceptors (Lipinski definition) is 3. The fraction of sp³-hybridized carbons (Fsp3) is 0.227. The highest BCUT2D eigenvalue weighted by atomic mass is 16.2. The van der Waals surface area contributed by atoms with Crippen LogP contribution in [0.5, 0.6) is 0 Å². The molecule has 6 heteroatoms. The van der Waals surface area contributed by atoms with Crippen LogP contribution in [0.1, 0.15) is 42.2 Å². The Hall–Kier alpha value is -3.25. The van der Waals surface area contributed by atoms with Crippen molar-refractivity contribution in [3.8, 4) is 0 Å². The lowest BCUT2D eigenvalue weighted by molar-refractivity contribution is -0.872. The average molecular weight is 378 g/mol. The van der Waals surface area contributed by atoms with Crippen LogP contribution in [0.4, 0.5) is 0 Å². The number of nitrogens with one attached hydrogen (secondary N) is 2. The van der Waals surface area contributed by atoms with Gasteiger partial charge in [0.25, 0.3) is 17.7 Å². The molecule has 0 atom stereocenters. The van der Waals surface area contributed by atoms with E-state index in [-0.39, 0.29) is 23.9 Å². The molecule has 0 saturated carbocycles. The van der Waals surface area contributed by atoms with E-state index in [0.717, 1.165) is 17.0 Å². The predicted octanol–water partition coefficient (Wildman–Crippen LogP) is 1.04. The van der Waals surface area contributed by atoms with Crippen molar-refractivity contribution >= 4 is 17.7 Å². The fourth-order valence-electron chi connectivity index (χ4n) is 3.19. The van der Waals surface area contributed by atoms with Gasteiger partial charge >= 0.3 is 0 Å². The van der Waals surface area contributed by atoms with E-state index < -0.39 is 5.91 Å². The summed E-state index contributed by atoms with van der Waals surface area (Å²) in [6, 6.07) is 12.7. The maximum atomic E-state index is 12.5. The van der Waals surface area contributed by atoms with Crippen LogP contribution in [0.15, 0.2) is 55.1 Å². The van der Waals surface area contributed by atoms with Gasteiger partial charge in [-0.1, -0.05) is 30.3 Å². The number of rotatable bonds is 7. The third-order valence-corrected chi connectivity index (χ3v) is 4.58. The first-order valence-corrected chi connectivity index (χ1v) is 9.17. The molecule has 1 aliphatic heterocycles. The number of hydrogen-bond donors (Lipinski definition) is 2. The van der Waals surface area contributed by atoms with E-state index in [9.17, 15) is 14.4 Å². The highest BCUT2D eigenvalue weighted by Gasteiger charge is 2.35. The fourth-order valence-corrected chi connectivity index (χ4v) is 3.19. The van der Waals surface area contributed by atoms with Crippen LogP contribution in [0, 0.1) is 0 Å². The summed E-state index contributed by atoms with van der Waals surface area (Å²) in [6.07, 6.45) is 1.50. The minimum Gasteiger partial charge on any atom is -0.348 e. The molecule has 0 saturated heterocycles. The molecule has 1 aliphatic rings. The molecule has 2 N–H and O–H groups in total. The van der Waals surface area contributed by atoms with Gasteiger partial charge in [0.2, 0.25) is 0 Å². The van der Waals surface area contributed by atoms with Gasteiger partial charge < -0.3 is 10.2 Å². The van der Waals surface area contributed by atoms with Crippen LogP contribution in [-0.4, -0.2) is 43.3 Å². The van der Waals surface area contributed by atoms with Gasteiger partial charge in [0.15, 0.2) is 0 Å². The van der Waals surface area contributed by atoms with Crippen molar-refractivity contribution in [1.29, 1.82) is 0 Å². The molecule has 0 unspecified atom stereocenters. The Morgan fingerprint density at radius 3 is 2.32 bits per heavy atom. The lowest BCUT2D eigenvalue weighted by Gasteiger charge is -2.09. The molecule has 6 nitrogen and oxygen atoms in total. The van der Waals surface area contributed by atoms with Crippen LogP contribution in [0.2, 0.25) is 0 Å². The number of carbonyl (C=O) groups excluding carboxylic acids is 3. The molecule has 0 fully saturated rings. The van der Waals surface area contributed by atoms with Crippen LogP contribution in [0.25, 0.3) is 0 Å². The molecule has 2 aromatic rings. The predicted molar refractivity (Wildman–Crippen MR) is 106 cm³/mol. The molecule has 144 valence electrons. The van der Waals surface area contributed by atoms with E-state index in [1.807, 2.05) is 12.1 Å². The van der Waals surface area contributed by atoms with Crippen LogP contribution in [-0.2, 0) is 13.1 Å². The first-order chi connectivity index (χ1) is 13.4. The summed E-state index contributed by atoms with van der Waals surface area (Å²) in [4.78, 5) is 39.6. The molecular formula is C22H24N3O3+. The molecule has 2 aromatic carbocycles. The number of benzene rings is 2. The first-order valence-electron chi connectivity index (χ1n) is 9.17. The molecule has 0 bridgehead atoms. The maximum Gasteiger partial charge on any atom is 0.261 e. The molecule has 28 heavy (non-hydrogen) atoms. The Labute approximate surface area is 164 Å². The van der Waals surface area contributed by atoms with E-state index in [1.165, 1.54) is 28.7 Å². The van der Waals surface area contributed by atoms with Gasteiger partial charge in [-0.2, -0.15) is 0 Å². The van der Waals surface area contributed by atoms with Gasteiger partial charge in [-0.25, -0.2) is 0 Å². The van der Waals surface area contributed by atoms with E-state index in [1.54, 1.807) is 6.07 Å². The highest BCUT2D eigenvalue weighted by Crippen LogP contribution is 2.24. The summed E-state index contributed by atoms with van der Waals surface area (Å²) in [7, 11) is 4.19. The first kappa shape index (κ1) is 19.5. The van der Waals surface area contributed by atoms with Gasteiger partial charge in [-0.05, 0) is 23.8 Å². The Morgan fingerprint density at radius 1 is 1.04 bits per heavy atom. The van der Waals surface area contributed by atoms with Crippen LogP contribution >= 0.6 is 0 Å². The van der Waals surface area contributed by atoms with Gasteiger partial charge in [0.05, 0.1) is 25.2 Å². The number of nitrogens with zero attached hydrogens (tertiary/aromatic N) is 1. The zero-order valence-corrected chi connectivity index (χ0v) is 16.1. The second kappa shape index (κ2) is 8.19. The molecule has 0 aliphatic carbocycles. The van der Waals surface area contributed by atoms with Crippen molar-refractivity contribution in [3.63, 3.8) is 0 Å². The number of quaternary nitrogens is 1. The Balaban J connectivity index is 1.67. The lowest BCUT2D eigenvalue weighted by atomic mass is 10.1. The van der Waals surface area contributed by atoms with Gasteiger partial charge in [0, 0.05) is 24.2 Å². The standard InChI is InChI=1S/C22H23N3O3/c1-4-11-25-21(27)18-10-9-17(12-19(18)22(25)28)20(26)23-13-15-5-7-16(8-6-15)14-24(2)3/h4-10,12H,1,11,13-14H2,2-3H3,(H,23,26)/p+1. The molecule has 3 amide bonds. The SMILES string of the molecule is C=CCN1C(=O)c2ccc(C(=O)NCc3ccc(C[NH+](C)C)cc3)cc2C1=O. The summed E-state index contributed by atoms with van der Waals surface area (Å²) >= 11 is 0. The number of amides is 3. The van der Waals surface area contributed by atoms with Crippen molar-refractivity contribution in [1.82, 2.24) is 10.2 Å². The van der Waals surface area contributed by atoms with Crippen molar-refractivity contribution in [2.75, 3.05) is 20.6 Å². The quantitative estimate of drug-likeness (QED) is 0.559. The number of imide groups is 1. The Bertz CT molecular complexity index is 933. The molecule has 3 rings (SSSR count). The van der Waals surface area contributed by atoms with Crippen molar-refractivity contribution in [2.45, 2.75) is 13.1 Å². The Morgan fingerprint density at radius 2 is 1.68 bits per heavy atom. The molecule has 1 heterocycles. The molecule has 0 aromatic heterocycles. The summed E-state index contributed by atoms with van der Waals surface area (Å²) < 4.78 is 0. The zero-order valence-electron chi connectivity index (χ0n) is 16.1. The molecular weight excluding hydrogens is 354 g/mol. The summed E-state index contributed by atoms with van der Waals surface area (Å²) in [6.45, 7) is 5.05. The molecule has 0 radical (unpaired) electrons. The third kappa shape index (κ3) is 4.02. The van der Waals surface area contributed by atoms with Crippen molar-refractivity contribution in [2.24, 2.45) is 0 Å². The summed E-state index contributed by atoms with van der Waals surface area (Å²) in [5.74, 6) is -1.04. The van der Waals surface area contributed by atoms with Crippen molar-refractivity contribution in [3.05, 3.63) is 82.9 Å². The molecule has 0 spiro atoms. The van der Waals surface area contributed by atoms with E-state index in [0.29, 0.717) is 17.7 Å². The van der Waals surface area contributed by atoms with Gasteiger partial charge in [-0.3, -0.25) is 19.3 Å². The second-order valence-electron chi connectivity index (χ2n) is 7.15. The number of fused-ring (bicyclic) bond motifs is 1.